The van der Waals surface area contributed by atoms with Crippen molar-refractivity contribution in [3.05, 3.63) is 65.2 Å². The van der Waals surface area contributed by atoms with Crippen LogP contribution in [0.1, 0.15) is 9.61 Å². The standard InChI is InChI=1S/C14H12Cl2IN5O/c15-10-1-2-11(12(16)5-10)14(23,6-22-9-19-7-20-22)13(17)21-4-3-18-8-21/h1-5,7-9,13,23H,6H2. The quantitative estimate of drug-likeness (QED) is 0.465. The molecule has 23 heavy (non-hydrogen) atoms. The Hall–Kier alpha value is -1.16. The van der Waals surface area contributed by atoms with Gasteiger partial charge in [-0.3, -0.25) is 0 Å². The molecule has 0 radical (unpaired) electrons. The summed E-state index contributed by atoms with van der Waals surface area (Å²) in [5.41, 5.74) is -0.774. The van der Waals surface area contributed by atoms with Gasteiger partial charge in [0.15, 0.2) is 0 Å². The number of imidazole rings is 1. The Morgan fingerprint density at radius 1 is 1.26 bits per heavy atom. The van der Waals surface area contributed by atoms with Gasteiger partial charge in [-0.25, -0.2) is 14.6 Å². The van der Waals surface area contributed by atoms with Gasteiger partial charge in [0, 0.05) is 28.0 Å². The van der Waals surface area contributed by atoms with Crippen molar-refractivity contribution in [3.8, 4) is 0 Å². The molecule has 0 aliphatic carbocycles. The molecule has 0 spiro atoms. The van der Waals surface area contributed by atoms with Crippen LogP contribution in [0.2, 0.25) is 10.0 Å². The molecule has 3 aromatic rings. The highest BCUT2D eigenvalue weighted by atomic mass is 127. The van der Waals surface area contributed by atoms with E-state index in [1.807, 2.05) is 4.57 Å². The first-order valence-corrected chi connectivity index (χ1v) is 8.62. The van der Waals surface area contributed by atoms with Crippen molar-refractivity contribution in [1.29, 1.82) is 0 Å². The van der Waals surface area contributed by atoms with E-state index in [4.69, 9.17) is 23.2 Å². The van der Waals surface area contributed by atoms with E-state index >= 15 is 0 Å². The Morgan fingerprint density at radius 2 is 2.09 bits per heavy atom. The Bertz CT molecular complexity index is 781. The lowest BCUT2D eigenvalue weighted by Crippen LogP contribution is -2.38. The third-order valence-electron chi connectivity index (χ3n) is 3.45. The molecule has 0 saturated heterocycles. The maximum Gasteiger partial charge on any atom is 0.140 e. The predicted octanol–water partition coefficient (Wildman–Crippen LogP) is 3.30. The van der Waals surface area contributed by atoms with E-state index in [1.165, 1.54) is 6.33 Å². The molecule has 1 N–H and O–H groups in total. The highest BCUT2D eigenvalue weighted by Gasteiger charge is 2.40. The van der Waals surface area contributed by atoms with E-state index in [9.17, 15) is 5.11 Å². The summed E-state index contributed by atoms with van der Waals surface area (Å²) >= 11 is 14.5. The molecule has 9 heteroatoms. The smallest absolute Gasteiger partial charge is 0.140 e. The van der Waals surface area contributed by atoms with Crippen molar-refractivity contribution in [2.45, 2.75) is 16.2 Å². The monoisotopic (exact) mass is 463 g/mol. The summed E-state index contributed by atoms with van der Waals surface area (Å²) in [5.74, 6) is 0. The number of hydrogen-bond donors (Lipinski definition) is 1. The summed E-state index contributed by atoms with van der Waals surface area (Å²) in [5, 5.41) is 16.5. The summed E-state index contributed by atoms with van der Waals surface area (Å²) in [6.07, 6.45) is 8.06. The van der Waals surface area contributed by atoms with Crippen LogP contribution in [-0.4, -0.2) is 29.4 Å². The molecule has 2 unspecified atom stereocenters. The van der Waals surface area contributed by atoms with Crippen molar-refractivity contribution in [1.82, 2.24) is 24.3 Å². The fraction of sp³-hybridized carbons (Fsp3) is 0.214. The Labute approximate surface area is 156 Å². The highest BCUT2D eigenvalue weighted by Crippen LogP contribution is 2.42. The number of aromatic nitrogens is 5. The van der Waals surface area contributed by atoms with Crippen molar-refractivity contribution >= 4 is 45.8 Å². The number of hydrogen-bond acceptors (Lipinski definition) is 4. The number of alkyl halides is 1. The number of halogens is 3. The first kappa shape index (κ1) is 16.7. The normalized spacial score (nSPS) is 15.3. The first-order valence-electron chi connectivity index (χ1n) is 6.62. The maximum absolute atomic E-state index is 11.5. The molecular weight excluding hydrogens is 452 g/mol. The molecule has 2 aromatic heterocycles. The topological polar surface area (TPSA) is 68.8 Å². The first-order chi connectivity index (χ1) is 11.0. The van der Waals surface area contributed by atoms with E-state index in [-0.39, 0.29) is 10.6 Å². The van der Waals surface area contributed by atoms with Gasteiger partial charge in [-0.1, -0.05) is 51.9 Å². The van der Waals surface area contributed by atoms with Crippen LogP contribution >= 0.6 is 45.8 Å². The zero-order valence-corrected chi connectivity index (χ0v) is 15.4. The molecule has 120 valence electrons. The van der Waals surface area contributed by atoms with E-state index in [1.54, 1.807) is 47.9 Å². The second-order valence-electron chi connectivity index (χ2n) is 4.99. The molecule has 6 nitrogen and oxygen atoms in total. The summed E-state index contributed by atoms with van der Waals surface area (Å²) in [7, 11) is 0. The summed E-state index contributed by atoms with van der Waals surface area (Å²) in [6, 6.07) is 5.04. The molecule has 2 heterocycles. The average Bonchev–Trinajstić information content (AvgIpc) is 3.19. The minimum Gasteiger partial charge on any atom is -0.380 e. The number of rotatable bonds is 5. The number of nitrogens with zero attached hydrogens (tertiary/aromatic N) is 5. The Morgan fingerprint density at radius 3 is 2.70 bits per heavy atom. The Kier molecular flexibility index (Phi) is 4.90. The fourth-order valence-corrected chi connectivity index (χ4v) is 3.77. The molecular formula is C14H12Cl2IN5O. The van der Waals surface area contributed by atoms with Crippen LogP contribution in [-0.2, 0) is 12.1 Å². The molecule has 2 atom stereocenters. The van der Waals surface area contributed by atoms with Crippen LogP contribution in [0.25, 0.3) is 0 Å². The second-order valence-corrected chi connectivity index (χ2v) is 7.01. The molecule has 1 aromatic carbocycles. The fourth-order valence-electron chi connectivity index (χ4n) is 2.34. The van der Waals surface area contributed by atoms with Crippen molar-refractivity contribution in [3.63, 3.8) is 0 Å². The second kappa shape index (κ2) is 6.76. The third-order valence-corrected chi connectivity index (χ3v) is 5.67. The Balaban J connectivity index is 2.08. The van der Waals surface area contributed by atoms with Crippen molar-refractivity contribution in [2.75, 3.05) is 0 Å². The van der Waals surface area contributed by atoms with Gasteiger partial charge in [0.1, 0.15) is 22.3 Å². The number of aliphatic hydroxyl groups is 1. The van der Waals surface area contributed by atoms with Crippen molar-refractivity contribution in [2.24, 2.45) is 0 Å². The van der Waals surface area contributed by atoms with Crippen LogP contribution < -0.4 is 0 Å². The van der Waals surface area contributed by atoms with Crippen molar-refractivity contribution < 1.29 is 5.11 Å². The molecule has 0 amide bonds. The maximum atomic E-state index is 11.5. The van der Waals surface area contributed by atoms with Crippen LogP contribution in [0, 0.1) is 0 Å². The van der Waals surface area contributed by atoms with Gasteiger partial charge in [-0.05, 0) is 12.1 Å². The van der Waals surface area contributed by atoms with Crippen LogP contribution in [0.15, 0.2) is 49.6 Å². The van der Waals surface area contributed by atoms with E-state index in [0.29, 0.717) is 15.6 Å². The van der Waals surface area contributed by atoms with Gasteiger partial charge in [0.2, 0.25) is 0 Å². The summed E-state index contributed by atoms with van der Waals surface area (Å²) in [4.78, 5) is 7.97. The van der Waals surface area contributed by atoms with Gasteiger partial charge >= 0.3 is 0 Å². The van der Waals surface area contributed by atoms with Gasteiger partial charge in [0.05, 0.1) is 12.9 Å². The van der Waals surface area contributed by atoms with Crippen LogP contribution in [0.5, 0.6) is 0 Å². The van der Waals surface area contributed by atoms with Gasteiger partial charge < -0.3 is 9.67 Å². The SMILES string of the molecule is OC(Cn1cncn1)(c1ccc(Cl)cc1Cl)C(I)n1ccnc1. The van der Waals surface area contributed by atoms with E-state index < -0.39 is 5.60 Å². The average molecular weight is 464 g/mol. The summed E-state index contributed by atoms with van der Waals surface area (Å²) < 4.78 is 3.00. The highest BCUT2D eigenvalue weighted by molar-refractivity contribution is 14.1. The largest absolute Gasteiger partial charge is 0.380 e. The third kappa shape index (κ3) is 3.37. The van der Waals surface area contributed by atoms with Gasteiger partial charge in [-0.15, -0.1) is 0 Å². The predicted molar refractivity (Wildman–Crippen MR) is 95.7 cm³/mol. The lowest BCUT2D eigenvalue weighted by atomic mass is 9.93. The van der Waals surface area contributed by atoms with Gasteiger partial charge in [-0.2, -0.15) is 5.10 Å². The van der Waals surface area contributed by atoms with E-state index in [0.717, 1.165) is 0 Å². The minimum atomic E-state index is -1.34. The lowest BCUT2D eigenvalue weighted by molar-refractivity contribution is -0.000377. The van der Waals surface area contributed by atoms with Gasteiger partial charge in [0.25, 0.3) is 0 Å². The van der Waals surface area contributed by atoms with Crippen LogP contribution in [0.4, 0.5) is 0 Å². The molecule has 0 aliphatic rings. The zero-order valence-electron chi connectivity index (χ0n) is 11.7. The van der Waals surface area contributed by atoms with Crippen LogP contribution in [0.3, 0.4) is 0 Å². The molecule has 0 bridgehead atoms. The molecule has 0 aliphatic heterocycles. The molecule has 0 fully saturated rings. The zero-order chi connectivity index (χ0) is 16.4. The number of benzene rings is 1. The summed E-state index contributed by atoms with van der Waals surface area (Å²) in [6.45, 7) is 0.181. The lowest BCUT2D eigenvalue weighted by Gasteiger charge is -2.34. The van der Waals surface area contributed by atoms with E-state index in [2.05, 4.69) is 37.7 Å². The minimum absolute atomic E-state index is 0.181. The molecule has 3 rings (SSSR count). The molecule has 0 saturated carbocycles.